The highest BCUT2D eigenvalue weighted by atomic mass is 16.4. The molecule has 2 aromatic carbocycles. The van der Waals surface area contributed by atoms with Gasteiger partial charge in [-0.15, -0.1) is 0 Å². The molecular formula is C26H23NO6. The third-order valence-corrected chi connectivity index (χ3v) is 6.52. The lowest BCUT2D eigenvalue weighted by Gasteiger charge is -2.30. The van der Waals surface area contributed by atoms with Crippen LogP contribution in [0.15, 0.2) is 62.4 Å². The van der Waals surface area contributed by atoms with Gasteiger partial charge in [-0.05, 0) is 37.0 Å². The van der Waals surface area contributed by atoms with Crippen molar-refractivity contribution in [1.82, 2.24) is 4.90 Å². The number of furan rings is 1. The highest BCUT2D eigenvalue weighted by Crippen LogP contribution is 2.34. The number of rotatable bonds is 4. The van der Waals surface area contributed by atoms with Crippen LogP contribution in [-0.4, -0.2) is 35.0 Å². The molecule has 1 aliphatic rings. The van der Waals surface area contributed by atoms with Crippen LogP contribution in [0.2, 0.25) is 0 Å². The Morgan fingerprint density at radius 3 is 2.67 bits per heavy atom. The average Bonchev–Trinajstić information content (AvgIpc) is 3.24. The molecule has 7 heteroatoms. The fraction of sp³-hybridized carbons (Fsp3) is 0.269. The van der Waals surface area contributed by atoms with Gasteiger partial charge in [-0.25, -0.2) is 4.79 Å². The molecule has 0 unspecified atom stereocenters. The molecule has 0 radical (unpaired) electrons. The van der Waals surface area contributed by atoms with Gasteiger partial charge in [0.1, 0.15) is 11.2 Å². The number of carbonyl (C=O) groups is 2. The van der Waals surface area contributed by atoms with Gasteiger partial charge in [0.05, 0.1) is 24.2 Å². The molecule has 3 heterocycles. The average molecular weight is 445 g/mol. The number of aryl methyl sites for hydroxylation is 1. The Balaban J connectivity index is 1.53. The van der Waals surface area contributed by atoms with Gasteiger partial charge in [-0.1, -0.05) is 30.3 Å². The largest absolute Gasteiger partial charge is 0.481 e. The number of hydrogen-bond donors (Lipinski definition) is 1. The Morgan fingerprint density at radius 1 is 1.12 bits per heavy atom. The lowest BCUT2D eigenvalue weighted by atomic mass is 9.96. The van der Waals surface area contributed by atoms with Crippen LogP contribution < -0.4 is 5.63 Å². The molecule has 1 atom stereocenters. The fourth-order valence-corrected chi connectivity index (χ4v) is 4.62. The third-order valence-electron chi connectivity index (χ3n) is 6.52. The highest BCUT2D eigenvalue weighted by molar-refractivity contribution is 6.02. The van der Waals surface area contributed by atoms with E-state index < -0.39 is 17.5 Å². The first kappa shape index (κ1) is 21.0. The van der Waals surface area contributed by atoms with Crippen LogP contribution in [0.1, 0.15) is 24.0 Å². The van der Waals surface area contributed by atoms with E-state index in [0.29, 0.717) is 41.7 Å². The van der Waals surface area contributed by atoms with Crippen LogP contribution >= 0.6 is 0 Å². The molecule has 1 N–H and O–H groups in total. The number of carbonyl (C=O) groups excluding carboxylic acids is 1. The van der Waals surface area contributed by atoms with Crippen molar-refractivity contribution in [2.75, 3.05) is 13.1 Å². The lowest BCUT2D eigenvalue weighted by molar-refractivity contribution is -0.145. The van der Waals surface area contributed by atoms with Crippen LogP contribution in [0.5, 0.6) is 0 Å². The molecule has 1 saturated heterocycles. The Kier molecular flexibility index (Phi) is 5.24. The van der Waals surface area contributed by atoms with Gasteiger partial charge in [0.2, 0.25) is 5.91 Å². The van der Waals surface area contributed by atoms with Crippen LogP contribution in [0.25, 0.3) is 33.1 Å². The number of aliphatic carboxylic acids is 1. The molecule has 0 saturated carbocycles. The van der Waals surface area contributed by atoms with E-state index in [2.05, 4.69) is 0 Å². The first-order valence-electron chi connectivity index (χ1n) is 11.0. The molecule has 0 aliphatic carbocycles. The molecule has 5 rings (SSSR count). The number of nitrogens with zero attached hydrogens (tertiary/aromatic N) is 1. The number of likely N-dealkylation sites (tertiary alicyclic amines) is 1. The van der Waals surface area contributed by atoms with Gasteiger partial charge in [0.15, 0.2) is 0 Å². The summed E-state index contributed by atoms with van der Waals surface area (Å²) in [4.78, 5) is 38.5. The van der Waals surface area contributed by atoms with Gasteiger partial charge in [0.25, 0.3) is 0 Å². The van der Waals surface area contributed by atoms with E-state index in [9.17, 15) is 19.5 Å². The van der Waals surface area contributed by atoms with E-state index in [1.54, 1.807) is 12.3 Å². The molecule has 2 aromatic heterocycles. The SMILES string of the molecule is Cc1c(CC(=O)N2CCC[C@H](C(=O)O)C2)c(=O)oc2cc3occ(-c4ccccc4)c3cc12. The summed E-state index contributed by atoms with van der Waals surface area (Å²) in [7, 11) is 0. The predicted molar refractivity (Wildman–Crippen MR) is 123 cm³/mol. The summed E-state index contributed by atoms with van der Waals surface area (Å²) >= 11 is 0. The molecule has 168 valence electrons. The molecule has 7 nitrogen and oxygen atoms in total. The van der Waals surface area contributed by atoms with Crippen molar-refractivity contribution in [3.05, 3.63) is 70.3 Å². The monoisotopic (exact) mass is 445 g/mol. The van der Waals surface area contributed by atoms with Crippen molar-refractivity contribution in [1.29, 1.82) is 0 Å². The van der Waals surface area contributed by atoms with E-state index in [4.69, 9.17) is 8.83 Å². The van der Waals surface area contributed by atoms with Crippen LogP contribution in [0.4, 0.5) is 0 Å². The minimum atomic E-state index is -0.896. The third kappa shape index (κ3) is 3.80. The van der Waals surface area contributed by atoms with E-state index >= 15 is 0 Å². The summed E-state index contributed by atoms with van der Waals surface area (Å²) < 4.78 is 11.3. The fourth-order valence-electron chi connectivity index (χ4n) is 4.62. The zero-order valence-corrected chi connectivity index (χ0v) is 18.2. The summed E-state index contributed by atoms with van der Waals surface area (Å²) in [5, 5.41) is 10.9. The number of benzene rings is 2. The van der Waals surface area contributed by atoms with Crippen molar-refractivity contribution >= 4 is 33.8 Å². The minimum absolute atomic E-state index is 0.120. The summed E-state index contributed by atoms with van der Waals surface area (Å²) in [6, 6.07) is 13.5. The van der Waals surface area contributed by atoms with Gasteiger partial charge in [-0.3, -0.25) is 9.59 Å². The standard InChI is InChI=1S/C26H23NO6/c1-15-18-10-20-21(16-6-3-2-4-7-16)14-32-22(20)12-23(18)33-26(31)19(15)11-24(28)27-9-5-8-17(13-27)25(29)30/h2-4,6-7,10,12,14,17H,5,8-9,11,13H2,1H3,(H,29,30)/t17-/m0/s1. The molecule has 33 heavy (non-hydrogen) atoms. The van der Waals surface area contributed by atoms with E-state index in [0.717, 1.165) is 21.9 Å². The number of piperidine rings is 1. The first-order chi connectivity index (χ1) is 15.9. The number of hydrogen-bond acceptors (Lipinski definition) is 5. The number of fused-ring (bicyclic) bond motifs is 2. The summed E-state index contributed by atoms with van der Waals surface area (Å²) in [5.74, 6) is -1.72. The minimum Gasteiger partial charge on any atom is -0.481 e. The van der Waals surface area contributed by atoms with Crippen LogP contribution in [0, 0.1) is 12.8 Å². The van der Waals surface area contributed by atoms with Gasteiger partial charge in [-0.2, -0.15) is 0 Å². The van der Waals surface area contributed by atoms with E-state index in [-0.39, 0.29) is 18.9 Å². The molecular weight excluding hydrogens is 422 g/mol. The zero-order valence-electron chi connectivity index (χ0n) is 18.2. The topological polar surface area (TPSA) is 101 Å². The number of carboxylic acids is 1. The van der Waals surface area contributed by atoms with Crippen molar-refractivity contribution in [2.24, 2.45) is 5.92 Å². The summed E-state index contributed by atoms with van der Waals surface area (Å²) in [6.07, 6.45) is 2.76. The van der Waals surface area contributed by atoms with Crippen LogP contribution in [-0.2, 0) is 16.0 Å². The maximum absolute atomic E-state index is 12.9. The second-order valence-electron chi connectivity index (χ2n) is 8.55. The number of amides is 1. The Labute approximate surface area is 189 Å². The molecule has 1 aliphatic heterocycles. The maximum Gasteiger partial charge on any atom is 0.340 e. The predicted octanol–water partition coefficient (Wildman–Crippen LogP) is 4.38. The maximum atomic E-state index is 12.9. The van der Waals surface area contributed by atoms with Crippen LogP contribution in [0.3, 0.4) is 0 Å². The summed E-state index contributed by atoms with van der Waals surface area (Å²) in [5.41, 5.74) is 3.38. The van der Waals surface area contributed by atoms with Gasteiger partial charge in [0, 0.05) is 35.5 Å². The quantitative estimate of drug-likeness (QED) is 0.468. The van der Waals surface area contributed by atoms with E-state index in [1.807, 2.05) is 43.3 Å². The Morgan fingerprint density at radius 2 is 1.91 bits per heavy atom. The molecule has 1 fully saturated rings. The smallest absolute Gasteiger partial charge is 0.340 e. The Hall–Kier alpha value is -3.87. The first-order valence-corrected chi connectivity index (χ1v) is 11.0. The molecule has 0 bridgehead atoms. The highest BCUT2D eigenvalue weighted by Gasteiger charge is 2.29. The second kappa shape index (κ2) is 8.24. The lowest BCUT2D eigenvalue weighted by Crippen LogP contribution is -2.43. The summed E-state index contributed by atoms with van der Waals surface area (Å²) in [6.45, 7) is 2.48. The molecule has 0 spiro atoms. The number of carboxylic acid groups (broad SMARTS) is 1. The van der Waals surface area contributed by atoms with Crippen molar-refractivity contribution in [3.8, 4) is 11.1 Å². The second-order valence-corrected chi connectivity index (χ2v) is 8.55. The molecule has 1 amide bonds. The van der Waals surface area contributed by atoms with Gasteiger partial charge < -0.3 is 18.8 Å². The Bertz CT molecular complexity index is 1430. The van der Waals surface area contributed by atoms with Gasteiger partial charge >= 0.3 is 11.6 Å². The zero-order chi connectivity index (χ0) is 23.1. The van der Waals surface area contributed by atoms with Crippen molar-refractivity contribution < 1.29 is 23.5 Å². The molecule has 4 aromatic rings. The van der Waals surface area contributed by atoms with E-state index in [1.165, 1.54) is 4.90 Å². The van der Waals surface area contributed by atoms with Crippen molar-refractivity contribution in [3.63, 3.8) is 0 Å². The van der Waals surface area contributed by atoms with Crippen molar-refractivity contribution in [2.45, 2.75) is 26.2 Å². The normalized spacial score (nSPS) is 16.4.